The SMILES string of the molecule is CC1CN(CCNCC2CNNC2c2ccc(F)cc2)CC(C)O1. The van der Waals surface area contributed by atoms with E-state index in [9.17, 15) is 4.39 Å². The van der Waals surface area contributed by atoms with Gasteiger partial charge in [0, 0.05) is 45.2 Å². The number of nitrogens with zero attached hydrogens (tertiary/aromatic N) is 1. The quantitative estimate of drug-likeness (QED) is 0.684. The van der Waals surface area contributed by atoms with Crippen molar-refractivity contribution in [1.82, 2.24) is 21.1 Å². The molecule has 0 bridgehead atoms. The first-order valence-corrected chi connectivity index (χ1v) is 8.94. The summed E-state index contributed by atoms with van der Waals surface area (Å²) >= 11 is 0. The summed E-state index contributed by atoms with van der Waals surface area (Å²) in [6, 6.07) is 7.01. The maximum Gasteiger partial charge on any atom is 0.123 e. The van der Waals surface area contributed by atoms with Gasteiger partial charge in [-0.25, -0.2) is 9.82 Å². The van der Waals surface area contributed by atoms with Crippen molar-refractivity contribution in [3.8, 4) is 0 Å². The maximum atomic E-state index is 13.1. The van der Waals surface area contributed by atoms with Gasteiger partial charge in [-0.15, -0.1) is 0 Å². The van der Waals surface area contributed by atoms with Gasteiger partial charge in [-0.1, -0.05) is 12.1 Å². The van der Waals surface area contributed by atoms with E-state index in [1.165, 1.54) is 12.1 Å². The number of hydrogen-bond donors (Lipinski definition) is 3. The van der Waals surface area contributed by atoms with Crippen molar-refractivity contribution in [1.29, 1.82) is 0 Å². The molecule has 0 spiro atoms. The Morgan fingerprint density at radius 3 is 2.62 bits per heavy atom. The second-order valence-corrected chi connectivity index (χ2v) is 7.04. The number of benzene rings is 1. The number of rotatable bonds is 6. The van der Waals surface area contributed by atoms with E-state index in [-0.39, 0.29) is 11.9 Å². The van der Waals surface area contributed by atoms with Crippen LogP contribution in [-0.2, 0) is 4.74 Å². The molecule has 0 radical (unpaired) electrons. The van der Waals surface area contributed by atoms with Gasteiger partial charge in [-0.05, 0) is 31.5 Å². The third kappa shape index (κ3) is 4.74. The van der Waals surface area contributed by atoms with E-state index in [1.54, 1.807) is 0 Å². The molecule has 0 amide bonds. The molecule has 3 N–H and O–H groups in total. The van der Waals surface area contributed by atoms with E-state index >= 15 is 0 Å². The Kier molecular flexibility index (Phi) is 6.19. The number of morpholine rings is 1. The Balaban J connectivity index is 1.42. The first-order chi connectivity index (χ1) is 11.6. The van der Waals surface area contributed by atoms with Crippen LogP contribution in [-0.4, -0.2) is 56.4 Å². The minimum Gasteiger partial charge on any atom is -0.373 e. The molecule has 2 aliphatic heterocycles. The number of hydrogen-bond acceptors (Lipinski definition) is 5. The van der Waals surface area contributed by atoms with Crippen LogP contribution in [0.2, 0.25) is 0 Å². The number of ether oxygens (including phenoxy) is 1. The molecule has 2 saturated heterocycles. The molecule has 0 aliphatic carbocycles. The van der Waals surface area contributed by atoms with Crippen molar-refractivity contribution in [2.45, 2.75) is 32.1 Å². The van der Waals surface area contributed by atoms with E-state index in [0.717, 1.165) is 44.8 Å². The second kappa shape index (κ2) is 8.36. The van der Waals surface area contributed by atoms with Crippen molar-refractivity contribution in [3.05, 3.63) is 35.6 Å². The van der Waals surface area contributed by atoms with Crippen molar-refractivity contribution in [3.63, 3.8) is 0 Å². The van der Waals surface area contributed by atoms with Crippen LogP contribution in [0.5, 0.6) is 0 Å². The van der Waals surface area contributed by atoms with Gasteiger partial charge in [0.05, 0.1) is 18.2 Å². The molecular weight excluding hydrogens is 307 g/mol. The Morgan fingerprint density at radius 2 is 1.92 bits per heavy atom. The molecule has 4 atom stereocenters. The summed E-state index contributed by atoms with van der Waals surface area (Å²) in [5.41, 5.74) is 7.66. The van der Waals surface area contributed by atoms with E-state index in [0.29, 0.717) is 18.1 Å². The normalized spacial score (nSPS) is 31.5. The first kappa shape index (κ1) is 17.8. The predicted molar refractivity (Wildman–Crippen MR) is 93.1 cm³/mol. The summed E-state index contributed by atoms with van der Waals surface area (Å²) in [4.78, 5) is 2.47. The molecule has 134 valence electrons. The zero-order valence-corrected chi connectivity index (χ0v) is 14.6. The molecule has 4 unspecified atom stereocenters. The van der Waals surface area contributed by atoms with Crippen molar-refractivity contribution in [2.24, 2.45) is 5.92 Å². The molecule has 1 aromatic carbocycles. The lowest BCUT2D eigenvalue weighted by atomic mass is 9.95. The maximum absolute atomic E-state index is 13.1. The summed E-state index contributed by atoms with van der Waals surface area (Å²) in [6.07, 6.45) is 0.639. The fraction of sp³-hybridized carbons (Fsp3) is 0.667. The minimum absolute atomic E-state index is 0.187. The lowest BCUT2D eigenvalue weighted by molar-refractivity contribution is -0.0674. The lowest BCUT2D eigenvalue weighted by Gasteiger charge is -2.35. The largest absolute Gasteiger partial charge is 0.373 e. The Morgan fingerprint density at radius 1 is 1.21 bits per heavy atom. The third-order valence-electron chi connectivity index (χ3n) is 4.83. The fourth-order valence-corrected chi connectivity index (χ4v) is 3.74. The lowest BCUT2D eigenvalue weighted by Crippen LogP contribution is -2.47. The third-order valence-corrected chi connectivity index (χ3v) is 4.83. The Labute approximate surface area is 143 Å². The molecule has 2 aliphatic rings. The van der Waals surface area contributed by atoms with Crippen LogP contribution in [0.3, 0.4) is 0 Å². The van der Waals surface area contributed by atoms with Crippen molar-refractivity contribution >= 4 is 0 Å². The van der Waals surface area contributed by atoms with Gasteiger partial charge in [0.25, 0.3) is 0 Å². The van der Waals surface area contributed by atoms with Crippen molar-refractivity contribution < 1.29 is 9.13 Å². The average Bonchev–Trinajstić information content (AvgIpc) is 3.00. The van der Waals surface area contributed by atoms with Gasteiger partial charge < -0.3 is 10.1 Å². The molecular formula is C18H29FN4O. The molecule has 24 heavy (non-hydrogen) atoms. The van der Waals surface area contributed by atoms with Crippen LogP contribution >= 0.6 is 0 Å². The van der Waals surface area contributed by atoms with Crippen molar-refractivity contribution in [2.75, 3.05) is 39.3 Å². The molecule has 6 heteroatoms. The van der Waals surface area contributed by atoms with Gasteiger partial charge >= 0.3 is 0 Å². The van der Waals surface area contributed by atoms with Gasteiger partial charge in [0.2, 0.25) is 0 Å². The molecule has 0 saturated carbocycles. The first-order valence-electron chi connectivity index (χ1n) is 8.94. The summed E-state index contributed by atoms with van der Waals surface area (Å²) < 4.78 is 18.9. The molecule has 1 aromatic rings. The number of hydrazine groups is 1. The Bertz CT molecular complexity index is 502. The molecule has 0 aromatic heterocycles. The second-order valence-electron chi connectivity index (χ2n) is 7.04. The standard InChI is InChI=1S/C18H29FN4O/c1-13-11-23(12-14(2)24-13)8-7-20-9-16-10-21-22-18(16)15-3-5-17(19)6-4-15/h3-6,13-14,16,18,20-22H,7-12H2,1-2H3. The molecule has 3 rings (SSSR count). The number of nitrogens with one attached hydrogen (secondary N) is 3. The zero-order chi connectivity index (χ0) is 16.9. The number of halogens is 1. The van der Waals surface area contributed by atoms with Gasteiger partial charge in [0.1, 0.15) is 5.82 Å². The van der Waals surface area contributed by atoms with E-state index < -0.39 is 0 Å². The van der Waals surface area contributed by atoms with Gasteiger partial charge in [-0.2, -0.15) is 0 Å². The smallest absolute Gasteiger partial charge is 0.123 e. The minimum atomic E-state index is -0.187. The van der Waals surface area contributed by atoms with Crippen LogP contribution in [0.4, 0.5) is 4.39 Å². The van der Waals surface area contributed by atoms with Gasteiger partial charge in [-0.3, -0.25) is 10.3 Å². The van der Waals surface area contributed by atoms with Crippen LogP contribution in [0.1, 0.15) is 25.5 Å². The molecule has 5 nitrogen and oxygen atoms in total. The van der Waals surface area contributed by atoms with Crippen LogP contribution in [0, 0.1) is 11.7 Å². The van der Waals surface area contributed by atoms with E-state index in [1.807, 2.05) is 12.1 Å². The Hall–Kier alpha value is -1.05. The summed E-state index contributed by atoms with van der Waals surface area (Å²) in [5.74, 6) is 0.270. The van der Waals surface area contributed by atoms with Crippen LogP contribution in [0.25, 0.3) is 0 Å². The highest BCUT2D eigenvalue weighted by Crippen LogP contribution is 2.24. The highest BCUT2D eigenvalue weighted by molar-refractivity contribution is 5.21. The summed E-state index contributed by atoms with van der Waals surface area (Å²) in [7, 11) is 0. The monoisotopic (exact) mass is 336 g/mol. The predicted octanol–water partition coefficient (Wildman–Crippen LogP) is 1.29. The molecule has 2 fully saturated rings. The van der Waals surface area contributed by atoms with E-state index in [2.05, 4.69) is 34.9 Å². The van der Waals surface area contributed by atoms with Gasteiger partial charge in [0.15, 0.2) is 0 Å². The summed E-state index contributed by atoms with van der Waals surface area (Å²) in [6.45, 7) is 10.2. The topological polar surface area (TPSA) is 48.6 Å². The highest BCUT2D eigenvalue weighted by Gasteiger charge is 2.28. The summed E-state index contributed by atoms with van der Waals surface area (Å²) in [5, 5.41) is 3.58. The average molecular weight is 336 g/mol. The highest BCUT2D eigenvalue weighted by atomic mass is 19.1. The van der Waals surface area contributed by atoms with Crippen LogP contribution in [0.15, 0.2) is 24.3 Å². The van der Waals surface area contributed by atoms with Crippen LogP contribution < -0.4 is 16.2 Å². The molecule has 2 heterocycles. The van der Waals surface area contributed by atoms with E-state index in [4.69, 9.17) is 4.74 Å². The fourth-order valence-electron chi connectivity index (χ4n) is 3.74. The zero-order valence-electron chi connectivity index (χ0n) is 14.6.